The van der Waals surface area contributed by atoms with E-state index in [2.05, 4.69) is 19.6 Å². The smallest absolute Gasteiger partial charge is 0.337 e. The van der Waals surface area contributed by atoms with Crippen LogP contribution in [-0.2, 0) is 23.8 Å². The lowest BCUT2D eigenvalue weighted by Crippen LogP contribution is -2.22. The van der Waals surface area contributed by atoms with Gasteiger partial charge in [-0.05, 0) is 44.9 Å². The van der Waals surface area contributed by atoms with Gasteiger partial charge in [-0.3, -0.25) is 4.79 Å². The molecule has 0 aliphatic rings. The molecule has 0 unspecified atom stereocenters. The molecule has 1 aromatic carbocycles. The van der Waals surface area contributed by atoms with Crippen LogP contribution in [0.3, 0.4) is 0 Å². The molecule has 5 nitrogen and oxygen atoms in total. The Morgan fingerprint density at radius 1 is 0.931 bits per heavy atom. The Labute approximate surface area is 175 Å². The number of rotatable bonds is 11. The molecule has 1 aromatic rings. The topological polar surface area (TPSA) is 61.8 Å². The van der Waals surface area contributed by atoms with Crippen molar-refractivity contribution in [1.82, 2.24) is 0 Å². The molecule has 0 saturated heterocycles. The molecule has 0 aliphatic carbocycles. The summed E-state index contributed by atoms with van der Waals surface area (Å²) in [7, 11) is -1.22. The number of ether oxygens (including phenoxy) is 3. The van der Waals surface area contributed by atoms with E-state index in [0.717, 1.165) is 17.2 Å². The van der Waals surface area contributed by atoms with E-state index >= 15 is 0 Å². The lowest BCUT2D eigenvalue weighted by atomic mass is 9.98. The average Bonchev–Trinajstić information content (AvgIpc) is 2.68. The first-order chi connectivity index (χ1) is 13.6. The fourth-order valence-corrected chi connectivity index (χ4v) is 3.22. The van der Waals surface area contributed by atoms with Crippen LogP contribution in [0.1, 0.15) is 33.3 Å². The van der Waals surface area contributed by atoms with Crippen molar-refractivity contribution in [3.63, 3.8) is 0 Å². The summed E-state index contributed by atoms with van der Waals surface area (Å²) in [4.78, 5) is 25.3. The predicted molar refractivity (Wildman–Crippen MR) is 119 cm³/mol. The van der Waals surface area contributed by atoms with Gasteiger partial charge in [0.2, 0.25) is 5.78 Å². The Kier molecular flexibility index (Phi) is 10.1. The van der Waals surface area contributed by atoms with Gasteiger partial charge in [0, 0.05) is 20.3 Å². The molecule has 1 rings (SSSR count). The Bertz CT molecular complexity index is 757. The minimum Gasteiger partial charge on any atom is -0.463 e. The molecular formula is C23H34O5Si. The molecule has 0 aromatic heterocycles. The van der Waals surface area contributed by atoms with Gasteiger partial charge in [0.25, 0.3) is 0 Å². The van der Waals surface area contributed by atoms with Crippen LogP contribution in [-0.4, -0.2) is 39.8 Å². The SMILES string of the molecule is CCOC(=O)/C(C)=C(\OCOCC[Si](C)(C)C)C(=O)/C(C)=C(\C)c1ccccc1. The number of allylic oxidation sites excluding steroid dienone is 2. The van der Waals surface area contributed by atoms with Crippen molar-refractivity contribution < 1.29 is 23.8 Å². The second kappa shape index (κ2) is 11.7. The monoisotopic (exact) mass is 418 g/mol. The van der Waals surface area contributed by atoms with Crippen LogP contribution in [0.5, 0.6) is 0 Å². The summed E-state index contributed by atoms with van der Waals surface area (Å²) < 4.78 is 16.3. The number of carbonyl (C=O) groups is 2. The van der Waals surface area contributed by atoms with Gasteiger partial charge in [0.1, 0.15) is 0 Å². The van der Waals surface area contributed by atoms with E-state index in [1.54, 1.807) is 20.8 Å². The van der Waals surface area contributed by atoms with Crippen LogP contribution >= 0.6 is 0 Å². The number of esters is 1. The molecule has 0 amide bonds. The van der Waals surface area contributed by atoms with E-state index in [-0.39, 0.29) is 30.5 Å². The van der Waals surface area contributed by atoms with Crippen LogP contribution < -0.4 is 0 Å². The third kappa shape index (κ3) is 8.37. The number of carbonyl (C=O) groups excluding carboxylic acids is 2. The third-order valence-corrected chi connectivity index (χ3v) is 6.23. The lowest BCUT2D eigenvalue weighted by Gasteiger charge is -2.17. The van der Waals surface area contributed by atoms with Gasteiger partial charge < -0.3 is 14.2 Å². The average molecular weight is 419 g/mol. The lowest BCUT2D eigenvalue weighted by molar-refractivity contribution is -0.139. The van der Waals surface area contributed by atoms with Crippen molar-refractivity contribution >= 4 is 25.4 Å². The summed E-state index contributed by atoms with van der Waals surface area (Å²) in [6, 6.07) is 10.6. The van der Waals surface area contributed by atoms with Gasteiger partial charge in [0.15, 0.2) is 12.6 Å². The zero-order valence-electron chi connectivity index (χ0n) is 18.8. The second-order valence-corrected chi connectivity index (χ2v) is 13.7. The second-order valence-electron chi connectivity index (χ2n) is 8.10. The zero-order chi connectivity index (χ0) is 22.0. The zero-order valence-corrected chi connectivity index (χ0v) is 19.8. The maximum Gasteiger partial charge on any atom is 0.337 e. The predicted octanol–water partition coefficient (Wildman–Crippen LogP) is 5.22. The Morgan fingerprint density at radius 3 is 2.10 bits per heavy atom. The number of hydrogen-bond acceptors (Lipinski definition) is 5. The largest absolute Gasteiger partial charge is 0.463 e. The summed E-state index contributed by atoms with van der Waals surface area (Å²) in [6.45, 7) is 14.4. The van der Waals surface area contributed by atoms with Gasteiger partial charge in [-0.1, -0.05) is 50.0 Å². The highest BCUT2D eigenvalue weighted by molar-refractivity contribution is 6.76. The Hall–Kier alpha value is -2.18. The molecule has 0 heterocycles. The normalized spacial score (nSPS) is 13.3. The molecule has 0 spiro atoms. The van der Waals surface area contributed by atoms with E-state index in [0.29, 0.717) is 12.2 Å². The van der Waals surface area contributed by atoms with Crippen LogP contribution in [0.2, 0.25) is 25.7 Å². The highest BCUT2D eigenvalue weighted by atomic mass is 28.3. The maximum atomic E-state index is 13.1. The molecule has 0 saturated carbocycles. The van der Waals surface area contributed by atoms with E-state index in [4.69, 9.17) is 14.2 Å². The highest BCUT2D eigenvalue weighted by Gasteiger charge is 2.23. The summed E-state index contributed by atoms with van der Waals surface area (Å²) in [5.41, 5.74) is 2.42. The van der Waals surface area contributed by atoms with Crippen molar-refractivity contribution in [2.24, 2.45) is 0 Å². The van der Waals surface area contributed by atoms with Crippen molar-refractivity contribution in [3.05, 3.63) is 52.8 Å². The van der Waals surface area contributed by atoms with Crippen molar-refractivity contribution in [2.45, 2.75) is 53.4 Å². The molecule has 160 valence electrons. The minimum absolute atomic E-state index is 0.0239. The molecule has 0 fully saturated rings. The van der Waals surface area contributed by atoms with Gasteiger partial charge in [-0.2, -0.15) is 0 Å². The first kappa shape index (κ1) is 24.9. The van der Waals surface area contributed by atoms with Crippen LogP contribution in [0.15, 0.2) is 47.2 Å². The maximum absolute atomic E-state index is 13.1. The number of hydrogen-bond donors (Lipinski definition) is 0. The quantitative estimate of drug-likeness (QED) is 0.123. The van der Waals surface area contributed by atoms with E-state index in [9.17, 15) is 9.59 Å². The molecule has 0 N–H and O–H groups in total. The van der Waals surface area contributed by atoms with E-state index in [1.165, 1.54) is 0 Å². The molecule has 0 atom stereocenters. The summed E-state index contributed by atoms with van der Waals surface area (Å²) in [5, 5.41) is 0. The van der Waals surface area contributed by atoms with Gasteiger partial charge in [-0.15, -0.1) is 0 Å². The van der Waals surface area contributed by atoms with Crippen molar-refractivity contribution in [2.75, 3.05) is 20.0 Å². The molecule has 6 heteroatoms. The number of ketones is 1. The number of benzene rings is 1. The standard InChI is InChI=1S/C23H34O5Si/c1-8-27-23(25)19(4)22(28-16-26-14-15-29(5,6)7)21(24)18(3)17(2)20-12-10-9-11-13-20/h9-13H,8,14-16H2,1-7H3/b18-17+,22-19-. The third-order valence-electron chi connectivity index (χ3n) is 4.52. The van der Waals surface area contributed by atoms with Gasteiger partial charge >= 0.3 is 5.97 Å². The van der Waals surface area contributed by atoms with Gasteiger partial charge in [-0.25, -0.2) is 4.79 Å². The number of Topliss-reactive ketones (excluding diaryl/α,β-unsaturated/α-hetero) is 1. The first-order valence-corrected chi connectivity index (χ1v) is 13.6. The molecule has 0 radical (unpaired) electrons. The van der Waals surface area contributed by atoms with Crippen molar-refractivity contribution in [3.8, 4) is 0 Å². The Balaban J connectivity index is 3.05. The van der Waals surface area contributed by atoms with E-state index in [1.807, 2.05) is 37.3 Å². The van der Waals surface area contributed by atoms with Gasteiger partial charge in [0.05, 0.1) is 12.2 Å². The molecular weight excluding hydrogens is 384 g/mol. The fourth-order valence-electron chi connectivity index (χ4n) is 2.46. The highest BCUT2D eigenvalue weighted by Crippen LogP contribution is 2.23. The fraction of sp³-hybridized carbons (Fsp3) is 0.478. The van der Waals surface area contributed by atoms with E-state index < -0.39 is 14.0 Å². The van der Waals surface area contributed by atoms with Crippen molar-refractivity contribution in [1.29, 1.82) is 0 Å². The minimum atomic E-state index is -1.22. The Morgan fingerprint density at radius 2 is 1.55 bits per heavy atom. The molecule has 0 bridgehead atoms. The summed E-state index contributed by atoms with van der Waals surface area (Å²) in [6.07, 6.45) is 0. The molecule has 29 heavy (non-hydrogen) atoms. The van der Waals surface area contributed by atoms with Crippen LogP contribution in [0.25, 0.3) is 5.57 Å². The van der Waals surface area contributed by atoms with Crippen LogP contribution in [0.4, 0.5) is 0 Å². The van der Waals surface area contributed by atoms with Crippen LogP contribution in [0, 0.1) is 0 Å². The molecule has 0 aliphatic heterocycles. The summed E-state index contributed by atoms with van der Waals surface area (Å²) >= 11 is 0. The first-order valence-electron chi connectivity index (χ1n) is 9.94. The summed E-state index contributed by atoms with van der Waals surface area (Å²) in [5.74, 6) is -0.932.